The summed E-state index contributed by atoms with van der Waals surface area (Å²) in [5.74, 6) is -0.555. The Kier molecular flexibility index (Phi) is 2.79. The van der Waals surface area contributed by atoms with Crippen molar-refractivity contribution in [2.75, 3.05) is 0 Å². The zero-order chi connectivity index (χ0) is 13.4. The van der Waals surface area contributed by atoms with E-state index in [0.29, 0.717) is 11.3 Å². The molecule has 3 aromatic rings. The lowest BCUT2D eigenvalue weighted by Gasteiger charge is -2.00. The SMILES string of the molecule is O=C(O)c1nc(-c2cccc(Br)c2)n2ncccc12. The molecular formula is C13H8BrN3O2. The molecule has 2 aromatic heterocycles. The first-order valence-corrected chi connectivity index (χ1v) is 6.29. The van der Waals surface area contributed by atoms with Crippen LogP contribution in [0.2, 0.25) is 0 Å². The molecule has 0 atom stereocenters. The van der Waals surface area contributed by atoms with Crippen LogP contribution in [0, 0.1) is 0 Å². The normalized spacial score (nSPS) is 10.8. The van der Waals surface area contributed by atoms with E-state index in [2.05, 4.69) is 26.0 Å². The molecular weight excluding hydrogens is 310 g/mol. The van der Waals surface area contributed by atoms with Crippen LogP contribution in [0.1, 0.15) is 10.5 Å². The maximum absolute atomic E-state index is 11.2. The van der Waals surface area contributed by atoms with Crippen LogP contribution in [-0.4, -0.2) is 25.7 Å². The van der Waals surface area contributed by atoms with Crippen molar-refractivity contribution >= 4 is 27.4 Å². The van der Waals surface area contributed by atoms with Crippen LogP contribution in [-0.2, 0) is 0 Å². The molecule has 0 spiro atoms. The van der Waals surface area contributed by atoms with Gasteiger partial charge in [0.2, 0.25) is 0 Å². The van der Waals surface area contributed by atoms with Gasteiger partial charge in [0.05, 0.1) is 0 Å². The number of aromatic nitrogens is 3. The fourth-order valence-electron chi connectivity index (χ4n) is 1.90. The molecule has 0 aliphatic carbocycles. The molecule has 2 heterocycles. The monoisotopic (exact) mass is 317 g/mol. The maximum atomic E-state index is 11.2. The molecule has 0 amide bonds. The molecule has 0 aliphatic rings. The summed E-state index contributed by atoms with van der Waals surface area (Å²) < 4.78 is 2.43. The van der Waals surface area contributed by atoms with Crippen molar-refractivity contribution in [3.63, 3.8) is 0 Å². The third kappa shape index (κ3) is 2.00. The number of hydrogen-bond donors (Lipinski definition) is 1. The number of rotatable bonds is 2. The van der Waals surface area contributed by atoms with E-state index in [0.717, 1.165) is 10.0 Å². The highest BCUT2D eigenvalue weighted by Gasteiger charge is 2.18. The highest BCUT2D eigenvalue weighted by molar-refractivity contribution is 9.10. The maximum Gasteiger partial charge on any atom is 0.356 e. The second kappa shape index (κ2) is 4.47. The number of fused-ring (bicyclic) bond motifs is 1. The van der Waals surface area contributed by atoms with E-state index in [1.807, 2.05) is 24.3 Å². The number of imidazole rings is 1. The van der Waals surface area contributed by atoms with Gasteiger partial charge in [-0.1, -0.05) is 28.1 Å². The van der Waals surface area contributed by atoms with Crippen molar-refractivity contribution in [3.8, 4) is 11.4 Å². The number of carbonyl (C=O) groups is 1. The number of carboxylic acids is 1. The fraction of sp³-hybridized carbons (Fsp3) is 0. The van der Waals surface area contributed by atoms with E-state index in [9.17, 15) is 9.90 Å². The Labute approximate surface area is 116 Å². The molecule has 1 aromatic carbocycles. The summed E-state index contributed by atoms with van der Waals surface area (Å²) in [6, 6.07) is 10.9. The summed E-state index contributed by atoms with van der Waals surface area (Å²) >= 11 is 3.39. The van der Waals surface area contributed by atoms with Crippen molar-refractivity contribution in [2.24, 2.45) is 0 Å². The standard InChI is InChI=1S/C13H8BrN3O2/c14-9-4-1-3-8(7-9)12-16-11(13(18)19)10-5-2-6-15-17(10)12/h1-7H,(H,18,19). The molecule has 0 unspecified atom stereocenters. The molecule has 6 heteroatoms. The molecule has 0 aliphatic heterocycles. The van der Waals surface area contributed by atoms with Gasteiger partial charge in [0, 0.05) is 16.2 Å². The first-order valence-electron chi connectivity index (χ1n) is 5.50. The molecule has 0 radical (unpaired) electrons. The second-order valence-electron chi connectivity index (χ2n) is 3.92. The molecule has 0 bridgehead atoms. The average molecular weight is 318 g/mol. The van der Waals surface area contributed by atoms with Crippen molar-refractivity contribution in [3.05, 3.63) is 52.8 Å². The Morgan fingerprint density at radius 2 is 2.11 bits per heavy atom. The van der Waals surface area contributed by atoms with E-state index < -0.39 is 5.97 Å². The van der Waals surface area contributed by atoms with Crippen LogP contribution < -0.4 is 0 Å². The van der Waals surface area contributed by atoms with E-state index >= 15 is 0 Å². The summed E-state index contributed by atoms with van der Waals surface area (Å²) in [5.41, 5.74) is 1.28. The minimum absolute atomic E-state index is 0.00285. The van der Waals surface area contributed by atoms with Crippen molar-refractivity contribution in [1.29, 1.82) is 0 Å². The average Bonchev–Trinajstić information content (AvgIpc) is 2.78. The summed E-state index contributed by atoms with van der Waals surface area (Å²) in [7, 11) is 0. The molecule has 0 fully saturated rings. The number of nitrogens with zero attached hydrogens (tertiary/aromatic N) is 3. The van der Waals surface area contributed by atoms with E-state index in [1.54, 1.807) is 18.3 Å². The minimum Gasteiger partial charge on any atom is -0.476 e. The van der Waals surface area contributed by atoms with Gasteiger partial charge in [0.1, 0.15) is 5.52 Å². The molecule has 1 N–H and O–H groups in total. The Morgan fingerprint density at radius 3 is 2.84 bits per heavy atom. The predicted octanol–water partition coefficient (Wildman–Crippen LogP) is 2.86. The van der Waals surface area contributed by atoms with Crippen molar-refractivity contribution < 1.29 is 9.90 Å². The lowest BCUT2D eigenvalue weighted by molar-refractivity contribution is 0.0693. The fourth-order valence-corrected chi connectivity index (χ4v) is 2.30. The Bertz CT molecular complexity index is 782. The number of benzene rings is 1. The van der Waals surface area contributed by atoms with E-state index in [-0.39, 0.29) is 5.69 Å². The largest absolute Gasteiger partial charge is 0.476 e. The van der Waals surface area contributed by atoms with Crippen LogP contribution in [0.3, 0.4) is 0 Å². The van der Waals surface area contributed by atoms with Crippen LogP contribution in [0.5, 0.6) is 0 Å². The molecule has 19 heavy (non-hydrogen) atoms. The summed E-state index contributed by atoms with van der Waals surface area (Å²) in [5, 5.41) is 13.4. The highest BCUT2D eigenvalue weighted by Crippen LogP contribution is 2.24. The number of carboxylic acid groups (broad SMARTS) is 1. The van der Waals surface area contributed by atoms with Gasteiger partial charge in [-0.2, -0.15) is 5.10 Å². The Morgan fingerprint density at radius 1 is 1.26 bits per heavy atom. The van der Waals surface area contributed by atoms with Gasteiger partial charge in [0.15, 0.2) is 11.5 Å². The number of halogens is 1. The summed E-state index contributed by atoms with van der Waals surface area (Å²) in [6.07, 6.45) is 1.60. The molecule has 3 rings (SSSR count). The zero-order valence-electron chi connectivity index (χ0n) is 9.62. The van der Waals surface area contributed by atoms with E-state index in [4.69, 9.17) is 0 Å². The van der Waals surface area contributed by atoms with Crippen LogP contribution >= 0.6 is 15.9 Å². The van der Waals surface area contributed by atoms with Gasteiger partial charge in [-0.05, 0) is 24.3 Å². The molecule has 0 saturated carbocycles. The predicted molar refractivity (Wildman–Crippen MR) is 73.1 cm³/mol. The van der Waals surface area contributed by atoms with E-state index in [1.165, 1.54) is 4.52 Å². The summed E-state index contributed by atoms with van der Waals surface area (Å²) in [4.78, 5) is 15.4. The topological polar surface area (TPSA) is 67.5 Å². The smallest absolute Gasteiger partial charge is 0.356 e. The van der Waals surface area contributed by atoms with Gasteiger partial charge in [0.25, 0.3) is 0 Å². The van der Waals surface area contributed by atoms with Crippen LogP contribution in [0.4, 0.5) is 0 Å². The lowest BCUT2D eigenvalue weighted by atomic mass is 10.2. The first kappa shape index (κ1) is 11.9. The third-order valence-corrected chi connectivity index (χ3v) is 3.19. The van der Waals surface area contributed by atoms with Crippen molar-refractivity contribution in [1.82, 2.24) is 14.6 Å². The Balaban J connectivity index is 2.33. The van der Waals surface area contributed by atoms with Gasteiger partial charge < -0.3 is 5.11 Å². The molecule has 0 saturated heterocycles. The molecule has 94 valence electrons. The third-order valence-electron chi connectivity index (χ3n) is 2.70. The zero-order valence-corrected chi connectivity index (χ0v) is 11.2. The summed E-state index contributed by atoms with van der Waals surface area (Å²) in [6.45, 7) is 0. The Hall–Kier alpha value is -2.21. The number of aromatic carboxylic acids is 1. The van der Waals surface area contributed by atoms with Crippen molar-refractivity contribution in [2.45, 2.75) is 0 Å². The van der Waals surface area contributed by atoms with Gasteiger partial charge in [-0.15, -0.1) is 0 Å². The quantitative estimate of drug-likeness (QED) is 0.789. The van der Waals surface area contributed by atoms with Crippen LogP contribution in [0.15, 0.2) is 47.1 Å². The van der Waals surface area contributed by atoms with Crippen LogP contribution in [0.25, 0.3) is 16.9 Å². The van der Waals surface area contributed by atoms with Gasteiger partial charge in [-0.25, -0.2) is 14.3 Å². The van der Waals surface area contributed by atoms with Gasteiger partial charge in [-0.3, -0.25) is 0 Å². The molecule has 5 nitrogen and oxygen atoms in total. The number of hydrogen-bond acceptors (Lipinski definition) is 3. The van der Waals surface area contributed by atoms with Gasteiger partial charge >= 0.3 is 5.97 Å². The first-order chi connectivity index (χ1) is 9.16. The second-order valence-corrected chi connectivity index (χ2v) is 4.84. The highest BCUT2D eigenvalue weighted by atomic mass is 79.9. The minimum atomic E-state index is -1.06. The lowest BCUT2D eigenvalue weighted by Crippen LogP contribution is -1.97.